The SMILES string of the molecule is CCNCCS(=O)(=O)Nc1cccc(C)c1. The highest BCUT2D eigenvalue weighted by atomic mass is 32.2. The fourth-order valence-electron chi connectivity index (χ4n) is 1.32. The van der Waals surface area contributed by atoms with Crippen LogP contribution in [0.3, 0.4) is 0 Å². The van der Waals surface area contributed by atoms with Crippen molar-refractivity contribution in [1.82, 2.24) is 5.32 Å². The van der Waals surface area contributed by atoms with Crippen LogP contribution in [0.1, 0.15) is 12.5 Å². The minimum Gasteiger partial charge on any atom is -0.316 e. The predicted molar refractivity (Wildman–Crippen MR) is 67.1 cm³/mol. The number of rotatable bonds is 6. The topological polar surface area (TPSA) is 58.2 Å². The molecule has 1 aromatic rings. The van der Waals surface area contributed by atoms with Crippen LogP contribution in [0.15, 0.2) is 24.3 Å². The van der Waals surface area contributed by atoms with Crippen molar-refractivity contribution in [3.63, 3.8) is 0 Å². The lowest BCUT2D eigenvalue weighted by Crippen LogP contribution is -2.26. The van der Waals surface area contributed by atoms with E-state index < -0.39 is 10.0 Å². The molecule has 0 aliphatic heterocycles. The van der Waals surface area contributed by atoms with E-state index in [1.165, 1.54) is 0 Å². The average molecular weight is 242 g/mol. The molecular weight excluding hydrogens is 224 g/mol. The van der Waals surface area contributed by atoms with Crippen LogP contribution >= 0.6 is 0 Å². The molecule has 0 amide bonds. The fourth-order valence-corrected chi connectivity index (χ4v) is 2.32. The highest BCUT2D eigenvalue weighted by Gasteiger charge is 2.09. The Labute approximate surface area is 97.1 Å². The minimum atomic E-state index is -3.24. The largest absolute Gasteiger partial charge is 0.316 e. The summed E-state index contributed by atoms with van der Waals surface area (Å²) >= 11 is 0. The van der Waals surface area contributed by atoms with Crippen molar-refractivity contribution >= 4 is 15.7 Å². The molecule has 0 aliphatic rings. The van der Waals surface area contributed by atoms with Gasteiger partial charge in [0, 0.05) is 12.2 Å². The number of hydrogen-bond acceptors (Lipinski definition) is 3. The van der Waals surface area contributed by atoms with Gasteiger partial charge in [-0.15, -0.1) is 0 Å². The van der Waals surface area contributed by atoms with Crippen LogP contribution in [0.2, 0.25) is 0 Å². The summed E-state index contributed by atoms with van der Waals surface area (Å²) in [6, 6.07) is 7.32. The molecule has 0 fully saturated rings. The van der Waals surface area contributed by atoms with Gasteiger partial charge in [0.15, 0.2) is 0 Å². The summed E-state index contributed by atoms with van der Waals surface area (Å²) in [6.07, 6.45) is 0. The smallest absolute Gasteiger partial charge is 0.233 e. The maximum atomic E-state index is 11.6. The van der Waals surface area contributed by atoms with E-state index in [1.54, 1.807) is 6.07 Å². The Morgan fingerprint density at radius 1 is 1.31 bits per heavy atom. The third-order valence-electron chi connectivity index (χ3n) is 2.09. The molecule has 0 atom stereocenters. The summed E-state index contributed by atoms with van der Waals surface area (Å²) in [5, 5.41) is 2.98. The Morgan fingerprint density at radius 2 is 2.06 bits per heavy atom. The summed E-state index contributed by atoms with van der Waals surface area (Å²) in [7, 11) is -3.24. The number of aryl methyl sites for hydroxylation is 1. The second-order valence-corrected chi connectivity index (χ2v) is 5.49. The van der Waals surface area contributed by atoms with Gasteiger partial charge in [-0.25, -0.2) is 8.42 Å². The summed E-state index contributed by atoms with van der Waals surface area (Å²) in [6.45, 7) is 5.12. The summed E-state index contributed by atoms with van der Waals surface area (Å²) in [5.41, 5.74) is 1.66. The number of hydrogen-bond donors (Lipinski definition) is 2. The summed E-state index contributed by atoms with van der Waals surface area (Å²) in [5.74, 6) is 0.0920. The van der Waals surface area contributed by atoms with E-state index in [9.17, 15) is 8.42 Å². The van der Waals surface area contributed by atoms with Crippen LogP contribution in [-0.2, 0) is 10.0 Å². The van der Waals surface area contributed by atoms with Gasteiger partial charge in [0.1, 0.15) is 0 Å². The first kappa shape index (κ1) is 13.0. The molecule has 1 aromatic carbocycles. The zero-order valence-corrected chi connectivity index (χ0v) is 10.5. The van der Waals surface area contributed by atoms with E-state index >= 15 is 0 Å². The van der Waals surface area contributed by atoms with Crippen molar-refractivity contribution in [3.8, 4) is 0 Å². The zero-order chi connectivity index (χ0) is 12.0. The molecule has 90 valence electrons. The zero-order valence-electron chi connectivity index (χ0n) is 9.66. The molecular formula is C11H18N2O2S. The van der Waals surface area contributed by atoms with Crippen molar-refractivity contribution in [2.75, 3.05) is 23.6 Å². The Bertz CT molecular complexity index is 429. The molecule has 0 heterocycles. The van der Waals surface area contributed by atoms with E-state index in [1.807, 2.05) is 32.0 Å². The molecule has 0 aromatic heterocycles. The van der Waals surface area contributed by atoms with E-state index in [4.69, 9.17) is 0 Å². The maximum absolute atomic E-state index is 11.6. The van der Waals surface area contributed by atoms with Crippen molar-refractivity contribution < 1.29 is 8.42 Å². The molecule has 0 bridgehead atoms. The molecule has 0 unspecified atom stereocenters. The summed E-state index contributed by atoms with van der Waals surface area (Å²) < 4.78 is 25.8. The van der Waals surface area contributed by atoms with Gasteiger partial charge in [0.25, 0.3) is 0 Å². The molecule has 2 N–H and O–H groups in total. The van der Waals surface area contributed by atoms with Gasteiger partial charge in [-0.3, -0.25) is 4.72 Å². The molecule has 16 heavy (non-hydrogen) atoms. The van der Waals surface area contributed by atoms with Gasteiger partial charge in [-0.1, -0.05) is 19.1 Å². The fraction of sp³-hybridized carbons (Fsp3) is 0.455. The molecule has 0 spiro atoms. The number of sulfonamides is 1. The Balaban J connectivity index is 2.59. The van der Waals surface area contributed by atoms with Crippen molar-refractivity contribution in [2.24, 2.45) is 0 Å². The van der Waals surface area contributed by atoms with Crippen molar-refractivity contribution in [3.05, 3.63) is 29.8 Å². The van der Waals surface area contributed by atoms with Gasteiger partial charge >= 0.3 is 0 Å². The Morgan fingerprint density at radius 3 is 2.69 bits per heavy atom. The Kier molecular flexibility index (Phi) is 4.76. The molecule has 0 radical (unpaired) electrons. The lowest BCUT2D eigenvalue weighted by molar-refractivity contribution is 0.597. The van der Waals surface area contributed by atoms with Gasteiger partial charge in [-0.2, -0.15) is 0 Å². The van der Waals surface area contributed by atoms with Crippen LogP contribution < -0.4 is 10.0 Å². The standard InChI is InChI=1S/C11H18N2O2S/c1-3-12-7-8-16(14,15)13-11-6-4-5-10(2)9-11/h4-6,9,12-13H,3,7-8H2,1-2H3. The van der Waals surface area contributed by atoms with Crippen LogP contribution in [0.4, 0.5) is 5.69 Å². The van der Waals surface area contributed by atoms with Crippen LogP contribution in [0.5, 0.6) is 0 Å². The summed E-state index contributed by atoms with van der Waals surface area (Å²) in [4.78, 5) is 0. The van der Waals surface area contributed by atoms with Gasteiger partial charge in [0.05, 0.1) is 5.75 Å². The lowest BCUT2D eigenvalue weighted by Gasteiger charge is -2.08. The van der Waals surface area contributed by atoms with Crippen LogP contribution in [-0.4, -0.2) is 27.3 Å². The first-order valence-corrected chi connectivity index (χ1v) is 6.96. The van der Waals surface area contributed by atoms with E-state index in [0.29, 0.717) is 12.2 Å². The molecule has 1 rings (SSSR count). The van der Waals surface area contributed by atoms with Gasteiger partial charge in [-0.05, 0) is 31.2 Å². The molecule has 4 nitrogen and oxygen atoms in total. The molecule has 0 saturated carbocycles. The normalized spacial score (nSPS) is 11.4. The lowest BCUT2D eigenvalue weighted by atomic mass is 10.2. The quantitative estimate of drug-likeness (QED) is 0.740. The molecule has 0 saturated heterocycles. The first-order valence-electron chi connectivity index (χ1n) is 5.31. The van der Waals surface area contributed by atoms with Gasteiger partial charge < -0.3 is 5.32 Å². The second-order valence-electron chi connectivity index (χ2n) is 3.64. The van der Waals surface area contributed by atoms with Crippen molar-refractivity contribution in [2.45, 2.75) is 13.8 Å². The molecule has 0 aliphatic carbocycles. The third-order valence-corrected chi connectivity index (χ3v) is 3.38. The molecule has 5 heteroatoms. The number of nitrogens with one attached hydrogen (secondary N) is 2. The van der Waals surface area contributed by atoms with E-state index in [2.05, 4.69) is 10.0 Å². The van der Waals surface area contributed by atoms with E-state index in [-0.39, 0.29) is 5.75 Å². The highest BCUT2D eigenvalue weighted by molar-refractivity contribution is 7.92. The first-order chi connectivity index (χ1) is 7.53. The third kappa shape index (κ3) is 4.63. The van der Waals surface area contributed by atoms with Gasteiger partial charge in [0.2, 0.25) is 10.0 Å². The minimum absolute atomic E-state index is 0.0920. The average Bonchev–Trinajstić information content (AvgIpc) is 2.17. The monoisotopic (exact) mass is 242 g/mol. The highest BCUT2D eigenvalue weighted by Crippen LogP contribution is 2.11. The van der Waals surface area contributed by atoms with Crippen LogP contribution in [0, 0.1) is 6.92 Å². The predicted octanol–water partition coefficient (Wildman–Crippen LogP) is 1.35. The van der Waals surface area contributed by atoms with Crippen LogP contribution in [0.25, 0.3) is 0 Å². The number of benzene rings is 1. The van der Waals surface area contributed by atoms with Crippen molar-refractivity contribution in [1.29, 1.82) is 0 Å². The number of anilines is 1. The Hall–Kier alpha value is -1.07. The van der Waals surface area contributed by atoms with E-state index in [0.717, 1.165) is 12.1 Å². The second kappa shape index (κ2) is 5.86. The maximum Gasteiger partial charge on any atom is 0.233 e.